The van der Waals surface area contributed by atoms with E-state index in [1.54, 1.807) is 20.8 Å². The number of aromatic hydroxyl groups is 1. The minimum Gasteiger partial charge on any atom is -0.503 e. The largest absolute Gasteiger partial charge is 0.503 e. The minimum atomic E-state index is -1.39. The molecule has 0 bridgehead atoms. The molecular weight excluding hydrogens is 280 g/mol. The molecule has 5 N–H and O–H groups in total. The lowest BCUT2D eigenvalue weighted by Crippen LogP contribution is -2.38. The lowest BCUT2D eigenvalue weighted by atomic mass is 10.1. The predicted octanol–water partition coefficient (Wildman–Crippen LogP) is -0.000500. The quantitative estimate of drug-likeness (QED) is 0.532. The highest BCUT2D eigenvalue weighted by atomic mass is 16.6. The second-order valence-electron chi connectivity index (χ2n) is 5.54. The van der Waals surface area contributed by atoms with E-state index in [-0.39, 0.29) is 12.1 Å². The summed E-state index contributed by atoms with van der Waals surface area (Å²) in [6, 6.07) is 1.04. The molecule has 0 radical (unpaired) electrons. The molecule has 0 saturated carbocycles. The van der Waals surface area contributed by atoms with E-state index in [1.807, 2.05) is 0 Å². The molecule has 1 aromatic heterocycles. The van der Waals surface area contributed by atoms with Crippen molar-refractivity contribution in [3.63, 3.8) is 0 Å². The maximum absolute atomic E-state index is 11.4. The van der Waals surface area contributed by atoms with Gasteiger partial charge in [0.05, 0.1) is 0 Å². The maximum Gasteiger partial charge on any atom is 0.407 e. The molecule has 0 spiro atoms. The fourth-order valence-corrected chi connectivity index (χ4v) is 1.49. The molecule has 0 saturated heterocycles. The van der Waals surface area contributed by atoms with Gasteiger partial charge in [0.15, 0.2) is 5.75 Å². The van der Waals surface area contributed by atoms with Gasteiger partial charge < -0.3 is 30.4 Å². The molecule has 0 aliphatic carbocycles. The molecule has 21 heavy (non-hydrogen) atoms. The Labute approximate surface area is 121 Å². The number of aliphatic hydroxyl groups excluding tert-OH is 2. The second-order valence-corrected chi connectivity index (χ2v) is 5.54. The van der Waals surface area contributed by atoms with Crippen molar-refractivity contribution in [2.75, 3.05) is 6.54 Å². The van der Waals surface area contributed by atoms with E-state index < -0.39 is 35.2 Å². The summed E-state index contributed by atoms with van der Waals surface area (Å²) in [6.07, 6.45) is -2.27. The summed E-state index contributed by atoms with van der Waals surface area (Å²) in [5, 5.41) is 31.2. The molecule has 8 heteroatoms. The summed E-state index contributed by atoms with van der Waals surface area (Å²) < 4.78 is 4.98. The minimum absolute atomic E-state index is 0.116. The molecule has 0 fully saturated rings. The third-order valence-electron chi connectivity index (χ3n) is 2.47. The van der Waals surface area contributed by atoms with Crippen molar-refractivity contribution in [2.24, 2.45) is 0 Å². The summed E-state index contributed by atoms with van der Waals surface area (Å²) in [5.74, 6) is -0.571. The van der Waals surface area contributed by atoms with Crippen LogP contribution in [0.4, 0.5) is 4.79 Å². The van der Waals surface area contributed by atoms with Gasteiger partial charge >= 0.3 is 6.09 Å². The number of alkyl carbamates (subject to hydrolysis) is 1. The molecule has 1 rings (SSSR count). The van der Waals surface area contributed by atoms with Crippen LogP contribution in [0, 0.1) is 0 Å². The Morgan fingerprint density at radius 3 is 2.57 bits per heavy atom. The highest BCUT2D eigenvalue weighted by Gasteiger charge is 2.22. The van der Waals surface area contributed by atoms with E-state index in [2.05, 4.69) is 10.3 Å². The van der Waals surface area contributed by atoms with Crippen molar-refractivity contribution in [3.05, 3.63) is 28.2 Å². The number of pyridine rings is 1. The first kappa shape index (κ1) is 17.0. The van der Waals surface area contributed by atoms with Gasteiger partial charge in [0.2, 0.25) is 0 Å². The first-order chi connectivity index (χ1) is 9.60. The van der Waals surface area contributed by atoms with E-state index in [1.165, 1.54) is 6.20 Å². The smallest absolute Gasteiger partial charge is 0.407 e. The van der Waals surface area contributed by atoms with Gasteiger partial charge in [-0.1, -0.05) is 0 Å². The molecule has 0 aliphatic heterocycles. The summed E-state index contributed by atoms with van der Waals surface area (Å²) in [7, 11) is 0. The van der Waals surface area contributed by atoms with Crippen molar-refractivity contribution in [1.29, 1.82) is 0 Å². The predicted molar refractivity (Wildman–Crippen MR) is 73.9 cm³/mol. The number of hydrogen-bond acceptors (Lipinski definition) is 6. The Morgan fingerprint density at radius 2 is 2.05 bits per heavy atom. The highest BCUT2D eigenvalue weighted by molar-refractivity contribution is 5.67. The van der Waals surface area contributed by atoms with Gasteiger partial charge in [0.25, 0.3) is 5.56 Å². The fraction of sp³-hybridized carbons (Fsp3) is 0.538. The Hall–Kier alpha value is -2.06. The summed E-state index contributed by atoms with van der Waals surface area (Å²) in [4.78, 5) is 24.6. The Morgan fingerprint density at radius 1 is 1.43 bits per heavy atom. The zero-order valence-electron chi connectivity index (χ0n) is 12.1. The molecule has 118 valence electrons. The third kappa shape index (κ3) is 5.44. The van der Waals surface area contributed by atoms with E-state index in [0.717, 1.165) is 6.07 Å². The van der Waals surface area contributed by atoms with Crippen LogP contribution in [0.15, 0.2) is 17.1 Å². The number of amides is 1. The number of rotatable bonds is 4. The number of ether oxygens (including phenoxy) is 1. The van der Waals surface area contributed by atoms with Crippen molar-refractivity contribution in [2.45, 2.75) is 38.6 Å². The Kier molecular flexibility index (Phi) is 5.34. The standard InChI is InChI=1S/C13H20N2O6/c1-13(2,3)21-12(20)15-6-9(17)10(18)7-4-8(16)11(19)14-5-7/h4-5,9-10,16-18H,6H2,1-3H3,(H,14,19)(H,15,20). The average Bonchev–Trinajstić information content (AvgIpc) is 2.36. The Bertz CT molecular complexity index is 548. The van der Waals surface area contributed by atoms with Crippen LogP contribution in [0.3, 0.4) is 0 Å². The molecule has 8 nitrogen and oxygen atoms in total. The normalized spacial score (nSPS) is 14.3. The second kappa shape index (κ2) is 6.59. The van der Waals surface area contributed by atoms with Gasteiger partial charge in [-0.3, -0.25) is 4.79 Å². The van der Waals surface area contributed by atoms with Gasteiger partial charge in [0, 0.05) is 18.3 Å². The summed E-state index contributed by atoms with van der Waals surface area (Å²) >= 11 is 0. The molecule has 0 aliphatic rings. The number of aliphatic hydroxyl groups is 2. The lowest BCUT2D eigenvalue weighted by Gasteiger charge is -2.22. The SMILES string of the molecule is CC(C)(C)OC(=O)NCC(O)C(O)c1c[nH]c(=O)c(O)c1. The number of aromatic nitrogens is 1. The van der Waals surface area contributed by atoms with Gasteiger partial charge in [0.1, 0.15) is 17.8 Å². The van der Waals surface area contributed by atoms with E-state index >= 15 is 0 Å². The van der Waals surface area contributed by atoms with Gasteiger partial charge in [-0.25, -0.2) is 4.79 Å². The lowest BCUT2D eigenvalue weighted by molar-refractivity contribution is 0.0126. The van der Waals surface area contributed by atoms with Gasteiger partial charge in [-0.15, -0.1) is 0 Å². The maximum atomic E-state index is 11.4. The van der Waals surface area contributed by atoms with Crippen LogP contribution in [0.5, 0.6) is 5.75 Å². The number of carbonyl (C=O) groups is 1. The fourth-order valence-electron chi connectivity index (χ4n) is 1.49. The topological polar surface area (TPSA) is 132 Å². The van der Waals surface area contributed by atoms with Gasteiger partial charge in [-0.2, -0.15) is 0 Å². The number of hydrogen-bond donors (Lipinski definition) is 5. The van der Waals surface area contributed by atoms with Crippen LogP contribution >= 0.6 is 0 Å². The van der Waals surface area contributed by atoms with Crippen LogP contribution in [0.1, 0.15) is 32.4 Å². The number of carbonyl (C=O) groups excluding carboxylic acids is 1. The van der Waals surface area contributed by atoms with Crippen LogP contribution < -0.4 is 10.9 Å². The van der Waals surface area contributed by atoms with E-state index in [9.17, 15) is 24.9 Å². The average molecular weight is 300 g/mol. The monoisotopic (exact) mass is 300 g/mol. The van der Waals surface area contributed by atoms with Crippen molar-refractivity contribution < 1.29 is 24.9 Å². The van der Waals surface area contributed by atoms with E-state index in [4.69, 9.17) is 4.74 Å². The van der Waals surface area contributed by atoms with Crippen LogP contribution in [0.25, 0.3) is 0 Å². The van der Waals surface area contributed by atoms with Crippen LogP contribution in [-0.4, -0.2) is 44.6 Å². The number of aromatic amines is 1. The summed E-state index contributed by atoms with van der Waals surface area (Å²) in [5.41, 5.74) is -1.25. The Balaban J connectivity index is 2.58. The first-order valence-electron chi connectivity index (χ1n) is 6.35. The zero-order valence-corrected chi connectivity index (χ0v) is 12.1. The highest BCUT2D eigenvalue weighted by Crippen LogP contribution is 2.17. The molecule has 2 atom stereocenters. The van der Waals surface area contributed by atoms with Gasteiger partial charge in [-0.05, 0) is 26.8 Å². The third-order valence-corrected chi connectivity index (χ3v) is 2.47. The number of nitrogens with one attached hydrogen (secondary N) is 2. The molecule has 1 heterocycles. The molecule has 1 amide bonds. The van der Waals surface area contributed by atoms with Crippen molar-refractivity contribution in [1.82, 2.24) is 10.3 Å². The van der Waals surface area contributed by atoms with Crippen molar-refractivity contribution >= 4 is 6.09 Å². The van der Waals surface area contributed by atoms with Crippen molar-refractivity contribution in [3.8, 4) is 5.75 Å². The van der Waals surface area contributed by atoms with E-state index in [0.29, 0.717) is 0 Å². The first-order valence-corrected chi connectivity index (χ1v) is 6.35. The molecular formula is C13H20N2O6. The molecule has 1 aromatic rings. The van der Waals surface area contributed by atoms with Crippen LogP contribution in [0.2, 0.25) is 0 Å². The number of H-pyrrole nitrogens is 1. The zero-order chi connectivity index (χ0) is 16.2. The molecule has 2 unspecified atom stereocenters. The summed E-state index contributed by atoms with van der Waals surface area (Å²) in [6.45, 7) is 4.83. The molecule has 0 aromatic carbocycles. The van der Waals surface area contributed by atoms with Crippen LogP contribution in [-0.2, 0) is 4.74 Å².